The fraction of sp³-hybridized carbons (Fsp3) is 0.412. The lowest BCUT2D eigenvalue weighted by atomic mass is 9.86. The summed E-state index contributed by atoms with van der Waals surface area (Å²) < 4.78 is 0. The lowest BCUT2D eigenvalue weighted by Gasteiger charge is -2.24. The Morgan fingerprint density at radius 3 is 3.00 bits per heavy atom. The molecule has 3 heterocycles. The molecule has 5 nitrogen and oxygen atoms in total. The third-order valence-corrected chi connectivity index (χ3v) is 5.06. The molecule has 4 rings (SSSR count). The van der Waals surface area contributed by atoms with Gasteiger partial charge < -0.3 is 15.3 Å². The van der Waals surface area contributed by atoms with Crippen molar-refractivity contribution in [2.45, 2.75) is 12.8 Å². The number of nitrogens with one attached hydrogen (secondary N) is 1. The van der Waals surface area contributed by atoms with Crippen molar-refractivity contribution in [1.82, 2.24) is 10.3 Å². The molecule has 0 bridgehead atoms. The number of fused-ring (bicyclic) bond motifs is 1. The number of nitrogens with zero attached hydrogens (tertiary/aromatic N) is 2. The summed E-state index contributed by atoms with van der Waals surface area (Å²) in [5, 5.41) is 14.7. The lowest BCUT2D eigenvalue weighted by Crippen LogP contribution is -2.29. The molecular weight excluding hydrogens is 278 g/mol. The number of rotatable bonds is 2. The van der Waals surface area contributed by atoms with Gasteiger partial charge in [0.25, 0.3) is 0 Å². The van der Waals surface area contributed by atoms with E-state index in [-0.39, 0.29) is 0 Å². The van der Waals surface area contributed by atoms with Crippen LogP contribution in [0.4, 0.5) is 5.82 Å². The number of aromatic nitrogens is 1. The van der Waals surface area contributed by atoms with Gasteiger partial charge in [0.05, 0.1) is 5.56 Å². The summed E-state index contributed by atoms with van der Waals surface area (Å²) in [7, 11) is 0. The first kappa shape index (κ1) is 13.5. The molecule has 2 fully saturated rings. The van der Waals surface area contributed by atoms with E-state index < -0.39 is 5.97 Å². The van der Waals surface area contributed by atoms with E-state index in [2.05, 4.69) is 15.2 Å². The molecule has 1 aromatic carbocycles. The van der Waals surface area contributed by atoms with Gasteiger partial charge in [0, 0.05) is 36.6 Å². The number of carbonyl (C=O) groups is 1. The van der Waals surface area contributed by atoms with Gasteiger partial charge in [-0.05, 0) is 43.0 Å². The largest absolute Gasteiger partial charge is 0.478 e. The molecule has 2 aliphatic rings. The summed E-state index contributed by atoms with van der Waals surface area (Å²) in [6.07, 6.45) is 4.21. The predicted octanol–water partition coefficient (Wildman–Crippen LogP) is 2.12. The Morgan fingerprint density at radius 1 is 1.32 bits per heavy atom. The molecule has 0 amide bonds. The molecule has 114 valence electrons. The van der Waals surface area contributed by atoms with E-state index >= 15 is 0 Å². The van der Waals surface area contributed by atoms with Gasteiger partial charge in [-0.15, -0.1) is 0 Å². The maximum Gasteiger partial charge on any atom is 0.335 e. The SMILES string of the molecule is O=C(O)c1ccc2ccnc(N3CCC4(CCNC4)C3)c2c1. The van der Waals surface area contributed by atoms with E-state index in [4.69, 9.17) is 0 Å². The molecule has 2 N–H and O–H groups in total. The molecule has 0 saturated carbocycles. The minimum atomic E-state index is -0.894. The van der Waals surface area contributed by atoms with Crippen LogP contribution in [0.5, 0.6) is 0 Å². The van der Waals surface area contributed by atoms with Crippen LogP contribution in [0, 0.1) is 5.41 Å². The van der Waals surface area contributed by atoms with Crippen molar-refractivity contribution in [2.24, 2.45) is 5.41 Å². The maximum absolute atomic E-state index is 11.2. The third kappa shape index (κ3) is 2.13. The molecule has 0 radical (unpaired) electrons. The topological polar surface area (TPSA) is 65.5 Å². The molecule has 0 aliphatic carbocycles. The molecule has 1 atom stereocenters. The summed E-state index contributed by atoms with van der Waals surface area (Å²) in [5.74, 6) is 0.0268. The average molecular weight is 297 g/mol. The van der Waals surface area contributed by atoms with Crippen LogP contribution in [0.3, 0.4) is 0 Å². The van der Waals surface area contributed by atoms with Gasteiger partial charge in [-0.1, -0.05) is 6.07 Å². The highest BCUT2D eigenvalue weighted by Gasteiger charge is 2.41. The fourth-order valence-corrected chi connectivity index (χ4v) is 3.80. The van der Waals surface area contributed by atoms with Gasteiger partial charge in [0.2, 0.25) is 0 Å². The standard InChI is InChI=1S/C17H19N3O2/c21-16(22)13-2-1-12-3-6-19-15(14(12)9-13)20-8-5-17(11-20)4-7-18-10-17/h1-3,6,9,18H,4-5,7-8,10-11H2,(H,21,22). The number of carboxylic acid groups (broad SMARTS) is 1. The van der Waals surface area contributed by atoms with Crippen LogP contribution in [0.25, 0.3) is 10.8 Å². The molecule has 5 heteroatoms. The average Bonchev–Trinajstić information content (AvgIpc) is 3.16. The molecule has 1 spiro atoms. The normalized spacial score (nSPS) is 24.5. The van der Waals surface area contributed by atoms with Gasteiger partial charge in [-0.2, -0.15) is 0 Å². The number of aromatic carboxylic acids is 1. The lowest BCUT2D eigenvalue weighted by molar-refractivity contribution is 0.0697. The zero-order valence-corrected chi connectivity index (χ0v) is 12.4. The zero-order chi connectivity index (χ0) is 15.2. The Labute approximate surface area is 129 Å². The van der Waals surface area contributed by atoms with Crippen LogP contribution in [-0.4, -0.2) is 42.2 Å². The van der Waals surface area contributed by atoms with E-state index in [0.29, 0.717) is 11.0 Å². The van der Waals surface area contributed by atoms with Gasteiger partial charge in [-0.25, -0.2) is 9.78 Å². The molecule has 1 unspecified atom stereocenters. The Bertz CT molecular complexity index is 738. The van der Waals surface area contributed by atoms with Crippen molar-refractivity contribution in [3.8, 4) is 0 Å². The number of hydrogen-bond donors (Lipinski definition) is 2. The quantitative estimate of drug-likeness (QED) is 0.889. The van der Waals surface area contributed by atoms with Crippen LogP contribution >= 0.6 is 0 Å². The van der Waals surface area contributed by atoms with Gasteiger partial charge in [-0.3, -0.25) is 0 Å². The number of anilines is 1. The van der Waals surface area contributed by atoms with E-state index in [1.165, 1.54) is 12.8 Å². The number of carboxylic acids is 1. The summed E-state index contributed by atoms with van der Waals surface area (Å²) in [6.45, 7) is 4.17. The number of benzene rings is 1. The molecule has 1 aromatic heterocycles. The first-order valence-electron chi connectivity index (χ1n) is 7.75. The van der Waals surface area contributed by atoms with E-state index in [0.717, 1.165) is 42.8 Å². The highest BCUT2D eigenvalue weighted by atomic mass is 16.4. The van der Waals surface area contributed by atoms with Crippen molar-refractivity contribution in [3.63, 3.8) is 0 Å². The van der Waals surface area contributed by atoms with Crippen LogP contribution in [0.1, 0.15) is 23.2 Å². The number of pyridine rings is 1. The Hall–Kier alpha value is -2.14. The highest BCUT2D eigenvalue weighted by molar-refractivity contribution is 5.98. The molecule has 2 aromatic rings. The molecule has 2 aliphatic heterocycles. The van der Waals surface area contributed by atoms with Gasteiger partial charge >= 0.3 is 5.97 Å². The molecular formula is C17H19N3O2. The van der Waals surface area contributed by atoms with Gasteiger partial charge in [0.15, 0.2) is 0 Å². The third-order valence-electron chi connectivity index (χ3n) is 5.06. The van der Waals surface area contributed by atoms with Crippen LogP contribution < -0.4 is 10.2 Å². The highest BCUT2D eigenvalue weighted by Crippen LogP contribution is 2.39. The summed E-state index contributed by atoms with van der Waals surface area (Å²) in [4.78, 5) is 18.1. The first-order chi connectivity index (χ1) is 10.7. The van der Waals surface area contributed by atoms with E-state index in [1.807, 2.05) is 18.3 Å². The second-order valence-electron chi connectivity index (χ2n) is 6.47. The van der Waals surface area contributed by atoms with Crippen LogP contribution in [0.15, 0.2) is 30.5 Å². The fourth-order valence-electron chi connectivity index (χ4n) is 3.80. The second kappa shape index (κ2) is 4.95. The van der Waals surface area contributed by atoms with E-state index in [1.54, 1.807) is 12.1 Å². The molecule has 22 heavy (non-hydrogen) atoms. The molecule has 2 saturated heterocycles. The summed E-state index contributed by atoms with van der Waals surface area (Å²) in [6, 6.07) is 7.21. The van der Waals surface area contributed by atoms with Gasteiger partial charge in [0.1, 0.15) is 5.82 Å². The van der Waals surface area contributed by atoms with Crippen molar-refractivity contribution < 1.29 is 9.90 Å². The monoisotopic (exact) mass is 297 g/mol. The summed E-state index contributed by atoms with van der Waals surface area (Å²) >= 11 is 0. The van der Waals surface area contributed by atoms with E-state index in [9.17, 15) is 9.90 Å². The second-order valence-corrected chi connectivity index (χ2v) is 6.47. The first-order valence-corrected chi connectivity index (χ1v) is 7.75. The number of hydrogen-bond acceptors (Lipinski definition) is 4. The van der Waals surface area contributed by atoms with Crippen LogP contribution in [0.2, 0.25) is 0 Å². The minimum absolute atomic E-state index is 0.318. The van der Waals surface area contributed by atoms with Crippen molar-refractivity contribution >= 4 is 22.6 Å². The van der Waals surface area contributed by atoms with Crippen LogP contribution in [-0.2, 0) is 0 Å². The Balaban J connectivity index is 1.75. The smallest absolute Gasteiger partial charge is 0.335 e. The minimum Gasteiger partial charge on any atom is -0.478 e. The van der Waals surface area contributed by atoms with Crippen molar-refractivity contribution in [1.29, 1.82) is 0 Å². The predicted molar refractivity (Wildman–Crippen MR) is 85.5 cm³/mol. The Kier molecular flexibility index (Phi) is 3.04. The van der Waals surface area contributed by atoms with Crippen molar-refractivity contribution in [3.05, 3.63) is 36.0 Å². The summed E-state index contributed by atoms with van der Waals surface area (Å²) in [5.41, 5.74) is 0.687. The van der Waals surface area contributed by atoms with Crippen molar-refractivity contribution in [2.75, 3.05) is 31.1 Å². The zero-order valence-electron chi connectivity index (χ0n) is 12.4. The maximum atomic E-state index is 11.2. The Morgan fingerprint density at radius 2 is 2.23 bits per heavy atom.